The number of aromatic hydroxyl groups is 1. The molecule has 77 heavy (non-hydrogen) atoms. The van der Waals surface area contributed by atoms with Crippen molar-refractivity contribution in [1.29, 1.82) is 0 Å². The van der Waals surface area contributed by atoms with Gasteiger partial charge in [-0.15, -0.1) is 0 Å². The second-order valence-corrected chi connectivity index (χ2v) is 21.3. The zero-order valence-corrected chi connectivity index (χ0v) is 45.0. The van der Waals surface area contributed by atoms with Crippen molar-refractivity contribution < 1.29 is 74.4 Å². The van der Waals surface area contributed by atoms with Crippen LogP contribution in [0, 0.1) is 11.8 Å². The molecule has 3 heterocycles. The number of nitrogens with two attached hydrogens (primary N) is 2. The van der Waals surface area contributed by atoms with E-state index in [9.17, 15) is 74.4 Å². The number of unbranched alkanes of at least 4 members (excludes halogenated alkanes) is 5. The maximum Gasteiger partial charge on any atom is 0.248 e. The van der Waals surface area contributed by atoms with Gasteiger partial charge in [0.25, 0.3) is 0 Å². The van der Waals surface area contributed by atoms with Crippen molar-refractivity contribution in [2.75, 3.05) is 32.7 Å². The number of fused-ring (bicyclic) bond motifs is 2. The average molecular weight is 1090 g/mol. The summed E-state index contributed by atoms with van der Waals surface area (Å²) in [5, 5.41) is 104. The van der Waals surface area contributed by atoms with Gasteiger partial charge in [0.2, 0.25) is 41.4 Å². The van der Waals surface area contributed by atoms with Gasteiger partial charge >= 0.3 is 0 Å². The molecule has 7 amide bonds. The van der Waals surface area contributed by atoms with Crippen LogP contribution in [0.2, 0.25) is 0 Å². The monoisotopic (exact) mass is 1090 g/mol. The van der Waals surface area contributed by atoms with Crippen LogP contribution in [-0.2, 0) is 33.6 Å². The van der Waals surface area contributed by atoms with Gasteiger partial charge in [-0.2, -0.15) is 0 Å². The maximum atomic E-state index is 14.6. The molecule has 1 aromatic rings. The summed E-state index contributed by atoms with van der Waals surface area (Å²) in [6.45, 7) is 6.73. The summed E-state index contributed by atoms with van der Waals surface area (Å²) in [5.41, 5.74) is 11.5. The highest BCUT2D eigenvalue weighted by molar-refractivity contribution is 5.98. The van der Waals surface area contributed by atoms with Crippen molar-refractivity contribution in [3.8, 4) is 5.75 Å². The fourth-order valence-corrected chi connectivity index (χ4v) is 10.2. The number of aliphatic hydroxyl groups is 7. The van der Waals surface area contributed by atoms with E-state index in [2.05, 4.69) is 52.7 Å². The Morgan fingerprint density at radius 2 is 1.34 bits per heavy atom. The molecular formula is C52H88N10O15. The van der Waals surface area contributed by atoms with E-state index in [1.54, 1.807) is 0 Å². The van der Waals surface area contributed by atoms with E-state index in [1.165, 1.54) is 30.7 Å². The number of carbonyl (C=O) groups excluding carboxylic acids is 7. The lowest BCUT2D eigenvalue weighted by Gasteiger charge is -2.35. The minimum absolute atomic E-state index is 0.0257. The molecular weight excluding hydrogens is 1000 g/mol. The molecule has 0 saturated carbocycles. The molecule has 0 radical (unpaired) electrons. The highest BCUT2D eigenvalue weighted by Gasteiger charge is 2.49. The molecule has 0 bridgehead atoms. The Hall–Kier alpha value is -5.09. The molecule has 0 aromatic heterocycles. The first-order valence-corrected chi connectivity index (χ1v) is 27.3. The van der Waals surface area contributed by atoms with Crippen LogP contribution < -0.4 is 43.4 Å². The Labute approximate surface area is 450 Å². The summed E-state index contributed by atoms with van der Waals surface area (Å²) in [6.07, 6.45) is -6.95. The summed E-state index contributed by atoms with van der Waals surface area (Å²) in [5.74, 6) is -6.43. The van der Waals surface area contributed by atoms with Crippen LogP contribution in [0.5, 0.6) is 5.75 Å². The number of hydrogen-bond donors (Lipinski definition) is 16. The van der Waals surface area contributed by atoms with Crippen molar-refractivity contribution in [2.24, 2.45) is 23.3 Å². The third kappa shape index (κ3) is 18.8. The number of phenols is 1. The first-order valence-electron chi connectivity index (χ1n) is 27.3. The van der Waals surface area contributed by atoms with Crippen LogP contribution in [0.4, 0.5) is 0 Å². The van der Waals surface area contributed by atoms with Crippen LogP contribution in [0.1, 0.15) is 129 Å². The predicted molar refractivity (Wildman–Crippen MR) is 280 cm³/mol. The molecule has 0 aliphatic carbocycles. The quantitative estimate of drug-likeness (QED) is 0.0477. The summed E-state index contributed by atoms with van der Waals surface area (Å²) >= 11 is 0. The highest BCUT2D eigenvalue weighted by Crippen LogP contribution is 2.27. The molecule has 25 heteroatoms. The van der Waals surface area contributed by atoms with Crippen molar-refractivity contribution in [3.05, 3.63) is 29.8 Å². The van der Waals surface area contributed by atoms with Crippen LogP contribution in [0.25, 0.3) is 0 Å². The van der Waals surface area contributed by atoms with Crippen molar-refractivity contribution in [2.45, 2.75) is 203 Å². The van der Waals surface area contributed by atoms with Gasteiger partial charge in [-0.05, 0) is 68.7 Å². The molecule has 3 saturated heterocycles. The number of hydrogen-bond acceptors (Lipinski definition) is 18. The van der Waals surface area contributed by atoms with Gasteiger partial charge in [0.1, 0.15) is 60.4 Å². The first-order chi connectivity index (χ1) is 36.5. The molecule has 4 rings (SSSR count). The van der Waals surface area contributed by atoms with E-state index in [0.29, 0.717) is 24.7 Å². The largest absolute Gasteiger partial charge is 0.508 e. The molecule has 0 spiro atoms. The molecule has 3 fully saturated rings. The van der Waals surface area contributed by atoms with E-state index in [1.807, 2.05) is 0 Å². The standard InChI is InChI=1S/C52H88N10O15/c1-5-28(2)24-29(3)12-10-8-6-7-9-11-13-39(69)56-34-26-38(68)46(55-22-21-54)60-50(75)43-37(67)19-23-61(43)52(77)41(36(66)18-20-53)58-49(74)42(45(71)44(70)31-14-16-32(64)17-15-31)59-48(73)35-25-33(65)27-62(35)51(76)40(30(4)63)57-47(34)72/h14-17,28-30,33-38,40-46,55,63-68,70-71H,5-13,18-27,53-54H2,1-4H3,(H,56,69)(H,57,72)(H,58,74)(H,59,73)(H,60,75)/t28-,29+,30+,33+,34-,35-,36?,37-,38+,40-,41-,42-,43-,44-,45?,46-/m0/s1. The van der Waals surface area contributed by atoms with Gasteiger partial charge in [0.15, 0.2) is 0 Å². The van der Waals surface area contributed by atoms with Gasteiger partial charge in [-0.1, -0.05) is 77.8 Å². The minimum atomic E-state index is -2.28. The second kappa shape index (κ2) is 31.5. The summed E-state index contributed by atoms with van der Waals surface area (Å²) in [4.78, 5) is 102. The number of nitrogens with one attached hydrogen (secondary N) is 6. The number of nitrogens with zero attached hydrogens (tertiary/aromatic N) is 2. The van der Waals surface area contributed by atoms with Gasteiger partial charge < -0.3 is 88.7 Å². The molecule has 3 aliphatic heterocycles. The fourth-order valence-electron chi connectivity index (χ4n) is 10.2. The van der Waals surface area contributed by atoms with Crippen LogP contribution >= 0.6 is 0 Å². The Kier molecular flexibility index (Phi) is 26.4. The molecule has 1 aromatic carbocycles. The number of carbonyl (C=O) groups is 7. The van der Waals surface area contributed by atoms with Crippen LogP contribution in [0.15, 0.2) is 24.3 Å². The van der Waals surface area contributed by atoms with Crippen LogP contribution in [0.3, 0.4) is 0 Å². The van der Waals surface area contributed by atoms with E-state index in [4.69, 9.17) is 11.5 Å². The fraction of sp³-hybridized carbons (Fsp3) is 0.750. The van der Waals surface area contributed by atoms with E-state index in [-0.39, 0.29) is 56.8 Å². The van der Waals surface area contributed by atoms with E-state index < -0.39 is 146 Å². The Balaban J connectivity index is 1.73. The average Bonchev–Trinajstić information content (AvgIpc) is 3.99. The maximum absolute atomic E-state index is 14.6. The molecule has 16 atom stereocenters. The number of amides is 7. The third-order valence-electron chi connectivity index (χ3n) is 14.9. The second-order valence-electron chi connectivity index (χ2n) is 21.3. The van der Waals surface area contributed by atoms with Gasteiger partial charge in [0.05, 0.1) is 30.5 Å². The van der Waals surface area contributed by atoms with Gasteiger partial charge in [-0.3, -0.25) is 38.9 Å². The summed E-state index contributed by atoms with van der Waals surface area (Å²) < 4.78 is 0. The summed E-state index contributed by atoms with van der Waals surface area (Å²) in [7, 11) is 0. The van der Waals surface area contributed by atoms with Gasteiger partial charge in [0, 0.05) is 45.4 Å². The smallest absolute Gasteiger partial charge is 0.248 e. The third-order valence-corrected chi connectivity index (χ3v) is 14.9. The molecule has 25 nitrogen and oxygen atoms in total. The van der Waals surface area contributed by atoms with Crippen LogP contribution in [-0.4, -0.2) is 204 Å². The number of phenolic OH excluding ortho intramolecular Hbond substituents is 1. The van der Waals surface area contributed by atoms with Crippen molar-refractivity contribution in [1.82, 2.24) is 41.7 Å². The molecule has 3 aliphatic rings. The van der Waals surface area contributed by atoms with E-state index >= 15 is 0 Å². The number of rotatable bonds is 23. The Morgan fingerprint density at radius 1 is 0.714 bits per heavy atom. The zero-order chi connectivity index (χ0) is 57.1. The number of benzene rings is 1. The Bertz CT molecular complexity index is 2070. The lowest BCUT2D eigenvalue weighted by atomic mass is 9.91. The zero-order valence-electron chi connectivity index (χ0n) is 45.0. The minimum Gasteiger partial charge on any atom is -0.508 e. The lowest BCUT2D eigenvalue weighted by Crippen LogP contribution is -2.65. The predicted octanol–water partition coefficient (Wildman–Crippen LogP) is -3.31. The first kappa shape index (κ1) is 64.4. The number of aliphatic hydroxyl groups excluding tert-OH is 7. The Morgan fingerprint density at radius 3 is 1.97 bits per heavy atom. The van der Waals surface area contributed by atoms with Crippen molar-refractivity contribution in [3.63, 3.8) is 0 Å². The highest BCUT2D eigenvalue weighted by atomic mass is 16.3. The normalized spacial score (nSPS) is 28.6. The molecule has 18 N–H and O–H groups in total. The molecule has 2 unspecified atom stereocenters. The summed E-state index contributed by atoms with van der Waals surface area (Å²) in [6, 6.07) is -6.40. The lowest BCUT2D eigenvalue weighted by molar-refractivity contribution is -0.148. The van der Waals surface area contributed by atoms with Gasteiger partial charge in [-0.25, -0.2) is 0 Å². The molecule has 436 valence electrons. The van der Waals surface area contributed by atoms with Crippen molar-refractivity contribution >= 4 is 41.4 Å². The van der Waals surface area contributed by atoms with E-state index in [0.717, 1.165) is 55.2 Å². The SMILES string of the molecule is CC[C@H](C)C[C@H](C)CCCCCCCCC(=O)N[C@H]1C[C@@H](O)[C@@H](NCCN)NC(=O)[C@@H]2[C@@H](O)CCN2C(=O)[C@H](C(O)CCN)NC(=O)[C@H](C(O)[C@@H](O)c2ccc(O)cc2)NC(=O)[C@@H]2C[C@@H](O)CN2C(=O)[C@H]([C@@H](C)O)NC1=O. The topological polar surface area (TPSA) is 412 Å².